The predicted octanol–water partition coefficient (Wildman–Crippen LogP) is 3.08. The van der Waals surface area contributed by atoms with E-state index in [-0.39, 0.29) is 5.56 Å². The summed E-state index contributed by atoms with van der Waals surface area (Å²) >= 11 is 0. The minimum Gasteiger partial charge on any atom is -0.493 e. The molecule has 0 unspecified atom stereocenters. The van der Waals surface area contributed by atoms with Crippen LogP contribution in [-0.4, -0.2) is 31.6 Å². The van der Waals surface area contributed by atoms with Crippen LogP contribution in [0, 0.1) is 5.92 Å². The van der Waals surface area contributed by atoms with Gasteiger partial charge in [-0.2, -0.15) is 0 Å². The number of benzene rings is 2. The fourth-order valence-corrected chi connectivity index (χ4v) is 2.29. The van der Waals surface area contributed by atoms with Gasteiger partial charge in [-0.15, -0.1) is 0 Å². The average molecular weight is 384 g/mol. The average Bonchev–Trinajstić information content (AvgIpc) is 2.70. The van der Waals surface area contributed by atoms with Gasteiger partial charge in [0.2, 0.25) is 6.10 Å². The van der Waals surface area contributed by atoms with Crippen LogP contribution in [0.5, 0.6) is 5.75 Å². The molecular weight excluding hydrogens is 360 g/mol. The maximum atomic E-state index is 12.6. The SMILES string of the molecule is CNC(=O)NC(=O)[C@@H](OC(=O)c1cccc(OCC(C)C)c1)c1ccccc1. The van der Waals surface area contributed by atoms with Crippen molar-refractivity contribution in [2.45, 2.75) is 20.0 Å². The highest BCUT2D eigenvalue weighted by molar-refractivity contribution is 5.99. The molecule has 0 heterocycles. The van der Waals surface area contributed by atoms with Gasteiger partial charge in [0.25, 0.3) is 5.91 Å². The second-order valence-electron chi connectivity index (χ2n) is 6.50. The molecule has 0 spiro atoms. The minimum atomic E-state index is -1.27. The van der Waals surface area contributed by atoms with Gasteiger partial charge in [-0.25, -0.2) is 9.59 Å². The Bertz CT molecular complexity index is 821. The molecule has 148 valence electrons. The highest BCUT2D eigenvalue weighted by atomic mass is 16.5. The third-order valence-electron chi connectivity index (χ3n) is 3.68. The molecule has 0 aromatic heterocycles. The molecule has 0 fully saturated rings. The highest BCUT2D eigenvalue weighted by Gasteiger charge is 2.27. The first-order valence-electron chi connectivity index (χ1n) is 8.92. The molecule has 3 amide bonds. The number of hydrogen-bond donors (Lipinski definition) is 2. The minimum absolute atomic E-state index is 0.245. The monoisotopic (exact) mass is 384 g/mol. The molecular formula is C21H24N2O5. The Kier molecular flexibility index (Phi) is 7.56. The number of esters is 1. The Morgan fingerprint density at radius 1 is 1.00 bits per heavy atom. The zero-order valence-electron chi connectivity index (χ0n) is 16.1. The van der Waals surface area contributed by atoms with Crippen molar-refractivity contribution in [1.29, 1.82) is 0 Å². The third-order valence-corrected chi connectivity index (χ3v) is 3.68. The summed E-state index contributed by atoms with van der Waals surface area (Å²) in [6.07, 6.45) is -1.27. The molecule has 0 aliphatic heterocycles. The largest absolute Gasteiger partial charge is 0.493 e. The predicted molar refractivity (Wildman–Crippen MR) is 104 cm³/mol. The topological polar surface area (TPSA) is 93.7 Å². The van der Waals surface area contributed by atoms with Crippen molar-refractivity contribution in [1.82, 2.24) is 10.6 Å². The fourth-order valence-electron chi connectivity index (χ4n) is 2.29. The van der Waals surface area contributed by atoms with Crippen LogP contribution in [0.25, 0.3) is 0 Å². The number of rotatable bonds is 7. The van der Waals surface area contributed by atoms with Crippen molar-refractivity contribution in [2.24, 2.45) is 5.92 Å². The smallest absolute Gasteiger partial charge is 0.339 e. The van der Waals surface area contributed by atoms with Crippen LogP contribution in [0.4, 0.5) is 4.79 Å². The van der Waals surface area contributed by atoms with Crippen molar-refractivity contribution in [3.05, 3.63) is 65.7 Å². The molecule has 0 radical (unpaired) electrons. The van der Waals surface area contributed by atoms with Crippen LogP contribution >= 0.6 is 0 Å². The standard InChI is InChI=1S/C21H24N2O5/c1-14(2)13-27-17-11-7-10-16(12-17)20(25)28-18(15-8-5-4-6-9-15)19(24)23-21(26)22-3/h4-12,14,18H,13H2,1-3H3,(H2,22,23,24,26)/t18-/m0/s1. The Hall–Kier alpha value is -3.35. The summed E-state index contributed by atoms with van der Waals surface area (Å²) in [5.41, 5.74) is 0.694. The number of hydrogen-bond acceptors (Lipinski definition) is 5. The summed E-state index contributed by atoms with van der Waals surface area (Å²) in [5.74, 6) is -0.567. The first kappa shape index (κ1) is 21.0. The second kappa shape index (κ2) is 10.1. The van der Waals surface area contributed by atoms with Gasteiger partial charge in [-0.05, 0) is 24.1 Å². The molecule has 7 heteroatoms. The maximum absolute atomic E-state index is 12.6. The van der Waals surface area contributed by atoms with Gasteiger partial charge in [0.15, 0.2) is 0 Å². The number of amides is 3. The van der Waals surface area contributed by atoms with Crippen LogP contribution in [0.1, 0.15) is 35.9 Å². The van der Waals surface area contributed by atoms with Gasteiger partial charge in [0, 0.05) is 12.6 Å². The van der Waals surface area contributed by atoms with Crippen LogP contribution in [0.2, 0.25) is 0 Å². The fraction of sp³-hybridized carbons (Fsp3) is 0.286. The number of nitrogens with one attached hydrogen (secondary N) is 2. The molecule has 2 N–H and O–H groups in total. The zero-order chi connectivity index (χ0) is 20.5. The van der Waals surface area contributed by atoms with Crippen molar-refractivity contribution in [3.63, 3.8) is 0 Å². The Morgan fingerprint density at radius 3 is 2.36 bits per heavy atom. The van der Waals surface area contributed by atoms with Gasteiger partial charge in [0.05, 0.1) is 12.2 Å². The van der Waals surface area contributed by atoms with Crippen molar-refractivity contribution < 1.29 is 23.9 Å². The zero-order valence-corrected chi connectivity index (χ0v) is 16.1. The lowest BCUT2D eigenvalue weighted by molar-refractivity contribution is -0.129. The Morgan fingerprint density at radius 2 is 1.71 bits per heavy atom. The normalized spacial score (nSPS) is 11.4. The van der Waals surface area contributed by atoms with E-state index in [1.807, 2.05) is 13.8 Å². The van der Waals surface area contributed by atoms with E-state index in [1.165, 1.54) is 7.05 Å². The summed E-state index contributed by atoms with van der Waals surface area (Å²) in [6, 6.07) is 14.3. The van der Waals surface area contributed by atoms with E-state index in [1.54, 1.807) is 54.6 Å². The second-order valence-corrected chi connectivity index (χ2v) is 6.50. The number of carbonyl (C=O) groups is 3. The van der Waals surface area contributed by atoms with Gasteiger partial charge < -0.3 is 14.8 Å². The summed E-state index contributed by atoms with van der Waals surface area (Å²) in [4.78, 5) is 36.6. The first-order chi connectivity index (χ1) is 13.4. The van der Waals surface area contributed by atoms with Gasteiger partial charge in [-0.3, -0.25) is 10.1 Å². The lowest BCUT2D eigenvalue weighted by Gasteiger charge is -2.18. The van der Waals surface area contributed by atoms with E-state index in [9.17, 15) is 14.4 Å². The van der Waals surface area contributed by atoms with E-state index < -0.39 is 24.0 Å². The maximum Gasteiger partial charge on any atom is 0.339 e. The van der Waals surface area contributed by atoms with Crippen LogP contribution in [0.3, 0.4) is 0 Å². The third kappa shape index (κ3) is 6.12. The lowest BCUT2D eigenvalue weighted by atomic mass is 10.1. The number of carbonyl (C=O) groups excluding carboxylic acids is 3. The molecule has 1 atom stereocenters. The van der Waals surface area contributed by atoms with E-state index in [2.05, 4.69) is 10.6 Å². The van der Waals surface area contributed by atoms with Crippen molar-refractivity contribution in [3.8, 4) is 5.75 Å². The summed E-state index contributed by atoms with van der Waals surface area (Å²) in [5, 5.41) is 4.43. The molecule has 0 aliphatic rings. The molecule has 0 saturated carbocycles. The molecule has 2 aromatic carbocycles. The Labute approximate surface area is 164 Å². The van der Waals surface area contributed by atoms with E-state index in [0.717, 1.165) is 0 Å². The molecule has 2 rings (SSSR count). The molecule has 28 heavy (non-hydrogen) atoms. The molecule has 0 aliphatic carbocycles. The Balaban J connectivity index is 2.19. The lowest BCUT2D eigenvalue weighted by Crippen LogP contribution is -2.41. The number of urea groups is 1. The number of ether oxygens (including phenoxy) is 2. The first-order valence-corrected chi connectivity index (χ1v) is 8.92. The summed E-state index contributed by atoms with van der Waals surface area (Å²) in [7, 11) is 1.38. The van der Waals surface area contributed by atoms with E-state index in [0.29, 0.717) is 23.8 Å². The quantitative estimate of drug-likeness (QED) is 0.716. The van der Waals surface area contributed by atoms with Gasteiger partial charge in [-0.1, -0.05) is 50.2 Å². The molecule has 2 aromatic rings. The number of imide groups is 1. The van der Waals surface area contributed by atoms with Crippen molar-refractivity contribution >= 4 is 17.9 Å². The molecule has 0 bridgehead atoms. The van der Waals surface area contributed by atoms with Crippen LogP contribution in [0.15, 0.2) is 54.6 Å². The molecule has 7 nitrogen and oxygen atoms in total. The van der Waals surface area contributed by atoms with E-state index in [4.69, 9.17) is 9.47 Å². The van der Waals surface area contributed by atoms with Crippen molar-refractivity contribution in [2.75, 3.05) is 13.7 Å². The van der Waals surface area contributed by atoms with Crippen LogP contribution in [-0.2, 0) is 9.53 Å². The van der Waals surface area contributed by atoms with Gasteiger partial charge in [0.1, 0.15) is 5.75 Å². The van der Waals surface area contributed by atoms with E-state index >= 15 is 0 Å². The highest BCUT2D eigenvalue weighted by Crippen LogP contribution is 2.21. The summed E-state index contributed by atoms with van der Waals surface area (Å²) in [6.45, 7) is 4.56. The van der Waals surface area contributed by atoms with Crippen LogP contribution < -0.4 is 15.4 Å². The summed E-state index contributed by atoms with van der Waals surface area (Å²) < 4.78 is 11.0. The van der Waals surface area contributed by atoms with Gasteiger partial charge >= 0.3 is 12.0 Å². The molecule has 0 saturated heterocycles.